The van der Waals surface area contributed by atoms with E-state index >= 15 is 0 Å². The van der Waals surface area contributed by atoms with Crippen molar-refractivity contribution in [2.45, 2.75) is 3.79 Å². The molecule has 11 heavy (non-hydrogen) atoms. The fraction of sp³-hybridized carbons (Fsp3) is 0.800. The Morgan fingerprint density at radius 3 is 2.73 bits per heavy atom. The third-order valence-electron chi connectivity index (χ3n) is 0.917. The Morgan fingerprint density at radius 2 is 2.27 bits per heavy atom. The second-order valence-electron chi connectivity index (χ2n) is 1.90. The third-order valence-corrected chi connectivity index (χ3v) is 1.24. The molecule has 0 spiro atoms. The zero-order valence-electron chi connectivity index (χ0n) is 5.52. The second kappa shape index (κ2) is 3.70. The summed E-state index contributed by atoms with van der Waals surface area (Å²) in [7, 11) is 0. The average Bonchev–Trinajstić information content (AvgIpc) is 2.32. The van der Waals surface area contributed by atoms with Crippen LogP contribution in [0.25, 0.3) is 0 Å². The molecule has 1 aliphatic rings. The maximum absolute atomic E-state index is 5.41. The van der Waals surface area contributed by atoms with E-state index in [1.165, 1.54) is 0 Å². The molecule has 0 aromatic carbocycles. The molecule has 0 amide bonds. The summed E-state index contributed by atoms with van der Waals surface area (Å²) >= 11 is 16.2. The number of ether oxygens (including phenoxy) is 2. The summed E-state index contributed by atoms with van der Waals surface area (Å²) in [6.45, 7) is 1.10. The molecule has 0 unspecified atom stereocenters. The van der Waals surface area contributed by atoms with Gasteiger partial charge in [0, 0.05) is 0 Å². The molecule has 0 saturated heterocycles. The van der Waals surface area contributed by atoms with Crippen LogP contribution in [0.15, 0.2) is 4.99 Å². The second-order valence-corrected chi connectivity index (χ2v) is 4.42. The van der Waals surface area contributed by atoms with E-state index in [0.717, 1.165) is 0 Å². The van der Waals surface area contributed by atoms with Crippen LogP contribution < -0.4 is 0 Å². The first-order chi connectivity index (χ1) is 5.08. The minimum Gasteiger partial charge on any atom is -0.449 e. The van der Waals surface area contributed by atoms with Gasteiger partial charge in [0.1, 0.15) is 13.2 Å². The van der Waals surface area contributed by atoms with Crippen molar-refractivity contribution in [3.63, 3.8) is 0 Å². The highest BCUT2D eigenvalue weighted by atomic mass is 35.6. The van der Waals surface area contributed by atoms with Crippen LogP contribution in [-0.2, 0) is 9.47 Å². The highest BCUT2D eigenvalue weighted by molar-refractivity contribution is 6.67. The van der Waals surface area contributed by atoms with Gasteiger partial charge < -0.3 is 9.47 Å². The van der Waals surface area contributed by atoms with E-state index in [1.807, 2.05) is 0 Å². The van der Waals surface area contributed by atoms with Gasteiger partial charge in [-0.3, -0.25) is 0 Å². The van der Waals surface area contributed by atoms with E-state index in [-0.39, 0.29) is 12.7 Å². The molecule has 0 fully saturated rings. The number of nitrogens with zero attached hydrogens (tertiary/aromatic N) is 1. The first-order valence-corrected chi connectivity index (χ1v) is 4.08. The third kappa shape index (κ3) is 3.89. The summed E-state index contributed by atoms with van der Waals surface area (Å²) in [5.41, 5.74) is 0. The van der Waals surface area contributed by atoms with E-state index in [1.54, 1.807) is 0 Å². The van der Waals surface area contributed by atoms with E-state index in [0.29, 0.717) is 13.2 Å². The lowest BCUT2D eigenvalue weighted by Crippen LogP contribution is -2.17. The van der Waals surface area contributed by atoms with Crippen LogP contribution in [0.3, 0.4) is 0 Å². The molecule has 6 heteroatoms. The lowest BCUT2D eigenvalue weighted by atomic mass is 10.8. The molecule has 0 N–H and O–H groups in total. The van der Waals surface area contributed by atoms with Gasteiger partial charge in [-0.2, -0.15) is 0 Å². The lowest BCUT2D eigenvalue weighted by molar-refractivity contribution is 0.193. The summed E-state index contributed by atoms with van der Waals surface area (Å²) in [5.74, 6) is 0. The van der Waals surface area contributed by atoms with Crippen LogP contribution >= 0.6 is 34.8 Å². The SMILES string of the molecule is ClC(Cl)(Cl)COC1=NCCO1. The van der Waals surface area contributed by atoms with Crippen LogP contribution in [0.4, 0.5) is 0 Å². The summed E-state index contributed by atoms with van der Waals surface area (Å²) in [5, 5.41) is 0. The van der Waals surface area contributed by atoms with Crippen molar-refractivity contribution in [2.24, 2.45) is 4.99 Å². The maximum atomic E-state index is 5.41. The number of halogens is 3. The number of aliphatic imine (C=N–C) groups is 1. The molecule has 1 heterocycles. The minimum absolute atomic E-state index is 0.0451. The van der Waals surface area contributed by atoms with Crippen LogP contribution in [0.2, 0.25) is 0 Å². The molecule has 1 rings (SSSR count). The molecule has 0 radical (unpaired) electrons. The Hall–Kier alpha value is 0.140. The largest absolute Gasteiger partial charge is 0.449 e. The fourth-order valence-electron chi connectivity index (χ4n) is 0.546. The van der Waals surface area contributed by atoms with Crippen LogP contribution in [-0.4, -0.2) is 29.6 Å². The minimum atomic E-state index is -1.41. The van der Waals surface area contributed by atoms with E-state index < -0.39 is 3.79 Å². The van der Waals surface area contributed by atoms with Gasteiger partial charge in [-0.05, 0) is 0 Å². The van der Waals surface area contributed by atoms with Crippen LogP contribution in [0.5, 0.6) is 0 Å². The fourth-order valence-corrected chi connectivity index (χ4v) is 0.710. The molecule has 0 aromatic heterocycles. The van der Waals surface area contributed by atoms with Gasteiger partial charge in [0.25, 0.3) is 0 Å². The highest BCUT2D eigenvalue weighted by Crippen LogP contribution is 2.26. The van der Waals surface area contributed by atoms with Gasteiger partial charge in [0.2, 0.25) is 3.79 Å². The number of hydrogen-bond acceptors (Lipinski definition) is 3. The molecule has 0 atom stereocenters. The van der Waals surface area contributed by atoms with Crippen molar-refractivity contribution in [1.82, 2.24) is 0 Å². The van der Waals surface area contributed by atoms with Crippen molar-refractivity contribution in [3.05, 3.63) is 0 Å². The Bertz CT molecular complexity index is 166. The zero-order chi connectivity index (χ0) is 8.32. The Balaban J connectivity index is 2.22. The van der Waals surface area contributed by atoms with E-state index in [4.69, 9.17) is 44.3 Å². The molecule has 1 aliphatic heterocycles. The van der Waals surface area contributed by atoms with E-state index in [9.17, 15) is 0 Å². The molecule has 0 aromatic rings. The summed E-state index contributed by atoms with van der Waals surface area (Å²) in [4.78, 5) is 3.84. The molecule has 3 nitrogen and oxygen atoms in total. The van der Waals surface area contributed by atoms with Gasteiger partial charge in [-0.1, -0.05) is 34.8 Å². The Morgan fingerprint density at radius 1 is 1.55 bits per heavy atom. The summed E-state index contributed by atoms with van der Waals surface area (Å²) < 4.78 is 8.39. The first-order valence-electron chi connectivity index (χ1n) is 2.95. The molecular formula is C5H6Cl3NO2. The van der Waals surface area contributed by atoms with Crippen molar-refractivity contribution in [3.8, 4) is 0 Å². The van der Waals surface area contributed by atoms with Crippen molar-refractivity contribution in [2.75, 3.05) is 19.8 Å². The monoisotopic (exact) mass is 217 g/mol. The van der Waals surface area contributed by atoms with Gasteiger partial charge in [-0.25, -0.2) is 4.99 Å². The standard InChI is InChI=1S/C5H6Cl3NO2/c6-5(7,8)3-11-4-9-1-2-10-4/h1-3H2. The molecular weight excluding hydrogens is 212 g/mol. The normalized spacial score (nSPS) is 17.5. The van der Waals surface area contributed by atoms with Crippen molar-refractivity contribution >= 4 is 40.9 Å². The highest BCUT2D eigenvalue weighted by Gasteiger charge is 2.22. The first kappa shape index (κ1) is 9.23. The molecule has 0 bridgehead atoms. The predicted octanol–water partition coefficient (Wildman–Crippen LogP) is 1.76. The Kier molecular flexibility index (Phi) is 3.10. The summed E-state index contributed by atoms with van der Waals surface area (Å²) in [6.07, 6.45) is 0.205. The van der Waals surface area contributed by atoms with Crippen molar-refractivity contribution in [1.29, 1.82) is 0 Å². The lowest BCUT2D eigenvalue weighted by Gasteiger charge is -2.10. The quantitative estimate of drug-likeness (QED) is 0.628. The number of alkyl halides is 3. The van der Waals surface area contributed by atoms with Crippen LogP contribution in [0.1, 0.15) is 0 Å². The maximum Gasteiger partial charge on any atom is 0.383 e. The number of rotatable bonds is 1. The number of hydrogen-bond donors (Lipinski definition) is 0. The average molecular weight is 218 g/mol. The zero-order valence-corrected chi connectivity index (χ0v) is 7.79. The molecule has 64 valence electrons. The molecule has 0 aliphatic carbocycles. The summed E-state index contributed by atoms with van der Waals surface area (Å²) in [6, 6.07) is 0. The van der Waals surface area contributed by atoms with E-state index in [2.05, 4.69) is 4.99 Å². The van der Waals surface area contributed by atoms with Crippen molar-refractivity contribution < 1.29 is 9.47 Å². The Labute approximate surface area is 79.2 Å². The van der Waals surface area contributed by atoms with Gasteiger partial charge in [-0.15, -0.1) is 0 Å². The van der Waals surface area contributed by atoms with Gasteiger partial charge in [0.05, 0.1) is 6.54 Å². The molecule has 0 saturated carbocycles. The smallest absolute Gasteiger partial charge is 0.383 e. The van der Waals surface area contributed by atoms with Crippen LogP contribution in [0, 0.1) is 0 Å². The predicted molar refractivity (Wildman–Crippen MR) is 44.5 cm³/mol. The topological polar surface area (TPSA) is 30.8 Å². The van der Waals surface area contributed by atoms with Gasteiger partial charge >= 0.3 is 6.08 Å². The van der Waals surface area contributed by atoms with Gasteiger partial charge in [0.15, 0.2) is 0 Å².